The zero-order valence-corrected chi connectivity index (χ0v) is 3.22. The van der Waals surface area contributed by atoms with Crippen LogP contribution in [-0.4, -0.2) is 160 Å². The van der Waals surface area contributed by atoms with Crippen molar-refractivity contribution in [1.29, 1.82) is 0 Å². The van der Waals surface area contributed by atoms with Gasteiger partial charge in [0, 0.05) is 0 Å². The Hall–Kier alpha value is 5.35. The van der Waals surface area contributed by atoms with Crippen LogP contribution >= 0.6 is 11.8 Å². The van der Waals surface area contributed by atoms with Crippen molar-refractivity contribution < 1.29 is 0 Å². The Bertz CT molecular complexity index is 10.4. The molecule has 0 aliphatic rings. The van der Waals surface area contributed by atoms with Gasteiger partial charge in [-0.15, -0.1) is 0 Å². The average molecular weight is 182 g/mol. The molecule has 0 amide bonds. The molecule has 0 bridgehead atoms. The summed E-state index contributed by atoms with van der Waals surface area (Å²) in [7, 11) is 0. The van der Waals surface area contributed by atoms with E-state index in [1.54, 1.807) is 11.8 Å². The van der Waals surface area contributed by atoms with Crippen molar-refractivity contribution in [3.63, 3.8) is 0 Å². The van der Waals surface area contributed by atoms with E-state index in [0.29, 0.717) is 0 Å². The minimum absolute atomic E-state index is 0. The van der Waals surface area contributed by atoms with Gasteiger partial charge in [-0.2, -0.15) is 11.8 Å². The fourth-order valence-corrected chi connectivity index (χ4v) is 0. The predicted octanol–water partition coefficient (Wildman–Crippen LogP) is -2.26. The van der Waals surface area contributed by atoms with E-state index in [1.807, 2.05) is 12.5 Å². The van der Waals surface area contributed by atoms with Gasteiger partial charge in [0.05, 0.1) is 0 Å². The molecule has 0 saturated heterocycles. The molecular formula is C2H11Na5S. The normalized spacial score (nSPS) is 2.25. The topological polar surface area (TPSA) is 0 Å². The van der Waals surface area contributed by atoms with Crippen molar-refractivity contribution >= 4 is 160 Å². The maximum atomic E-state index is 2.04. The maximum absolute atomic E-state index is 2.04. The molecule has 0 rings (SSSR count). The summed E-state index contributed by atoms with van der Waals surface area (Å²) in [6, 6.07) is 0. The van der Waals surface area contributed by atoms with Gasteiger partial charge in [0.2, 0.25) is 0 Å². The second kappa shape index (κ2) is 39.5. The van der Waals surface area contributed by atoms with Crippen molar-refractivity contribution in [2.24, 2.45) is 0 Å². The summed E-state index contributed by atoms with van der Waals surface area (Å²) in [5, 5.41) is 0. The molecule has 0 fully saturated rings. The molecule has 8 heavy (non-hydrogen) atoms. The summed E-state index contributed by atoms with van der Waals surface area (Å²) in [6.07, 6.45) is 4.08. The van der Waals surface area contributed by atoms with E-state index in [2.05, 4.69) is 0 Å². The van der Waals surface area contributed by atoms with Gasteiger partial charge in [-0.25, -0.2) is 0 Å². The summed E-state index contributed by atoms with van der Waals surface area (Å²) < 4.78 is 0. The third kappa shape index (κ3) is 42.5. The van der Waals surface area contributed by atoms with Crippen LogP contribution in [0, 0.1) is 0 Å². The van der Waals surface area contributed by atoms with Gasteiger partial charge in [-0.05, 0) is 12.5 Å². The number of rotatable bonds is 0. The zero-order chi connectivity index (χ0) is 2.71. The zero-order valence-electron chi connectivity index (χ0n) is 2.41. The van der Waals surface area contributed by atoms with Crippen molar-refractivity contribution in [2.45, 2.75) is 0 Å². The first-order valence-corrected chi connectivity index (χ1v) is 2.45. The number of hydrogen-bond donors (Lipinski definition) is 0. The minimum atomic E-state index is 0. The van der Waals surface area contributed by atoms with Crippen LogP contribution < -0.4 is 0 Å². The van der Waals surface area contributed by atoms with Gasteiger partial charge in [-0.3, -0.25) is 0 Å². The van der Waals surface area contributed by atoms with Crippen LogP contribution in [-0.2, 0) is 0 Å². The first-order chi connectivity index (χ1) is 1.41. The van der Waals surface area contributed by atoms with Crippen molar-refractivity contribution in [3.05, 3.63) is 0 Å². The van der Waals surface area contributed by atoms with Crippen LogP contribution in [0.15, 0.2) is 0 Å². The first kappa shape index (κ1) is 37.7. The molecule has 0 atom stereocenters. The molecular weight excluding hydrogens is 171 g/mol. The van der Waals surface area contributed by atoms with E-state index >= 15 is 0 Å². The molecule has 0 aliphatic heterocycles. The Kier molecular flexibility index (Phi) is 186. The standard InChI is InChI=1S/C2H6S.5Na.5H/c1-3-2;;;;;;;;;;/h1-2H3;;;;;;;;;;. The molecule has 0 saturated carbocycles. The molecule has 0 unspecified atom stereocenters. The fraction of sp³-hybridized carbons (Fsp3) is 1.00. The van der Waals surface area contributed by atoms with Gasteiger partial charge in [-0.1, -0.05) is 0 Å². The quantitative estimate of drug-likeness (QED) is 0.381. The monoisotopic (exact) mass is 182 g/mol. The third-order valence-electron chi connectivity index (χ3n) is 0. The molecule has 0 spiro atoms. The Morgan fingerprint density at radius 2 is 0.625 bits per heavy atom. The van der Waals surface area contributed by atoms with E-state index in [9.17, 15) is 0 Å². The van der Waals surface area contributed by atoms with E-state index in [4.69, 9.17) is 0 Å². The molecule has 0 aliphatic carbocycles. The van der Waals surface area contributed by atoms with E-state index in [1.165, 1.54) is 0 Å². The molecule has 0 N–H and O–H groups in total. The fourth-order valence-electron chi connectivity index (χ4n) is 0. The van der Waals surface area contributed by atoms with Crippen molar-refractivity contribution in [2.75, 3.05) is 12.5 Å². The van der Waals surface area contributed by atoms with Crippen LogP contribution in [0.3, 0.4) is 0 Å². The average Bonchev–Trinajstić information content (AvgIpc) is 0.918. The van der Waals surface area contributed by atoms with Crippen LogP contribution in [0.25, 0.3) is 0 Å². The van der Waals surface area contributed by atoms with Crippen molar-refractivity contribution in [3.8, 4) is 0 Å². The Morgan fingerprint density at radius 3 is 0.625 bits per heavy atom. The third-order valence-corrected chi connectivity index (χ3v) is 0. The SMILES string of the molecule is CSC.[NaH].[NaH].[NaH].[NaH].[NaH]. The summed E-state index contributed by atoms with van der Waals surface area (Å²) in [4.78, 5) is 0. The van der Waals surface area contributed by atoms with Crippen LogP contribution in [0.5, 0.6) is 0 Å². The van der Waals surface area contributed by atoms with Gasteiger partial charge in [0.1, 0.15) is 0 Å². The van der Waals surface area contributed by atoms with Crippen LogP contribution in [0.2, 0.25) is 0 Å². The van der Waals surface area contributed by atoms with Gasteiger partial charge in [0.25, 0.3) is 0 Å². The van der Waals surface area contributed by atoms with Gasteiger partial charge in [0.15, 0.2) is 0 Å². The van der Waals surface area contributed by atoms with E-state index in [0.717, 1.165) is 0 Å². The molecule has 6 heteroatoms. The van der Waals surface area contributed by atoms with Gasteiger partial charge < -0.3 is 0 Å². The second-order valence-electron chi connectivity index (χ2n) is 0.408. The number of thioether (sulfide) groups is 1. The van der Waals surface area contributed by atoms with E-state index in [-0.39, 0.29) is 148 Å². The molecule has 0 heterocycles. The summed E-state index contributed by atoms with van der Waals surface area (Å²) in [5.74, 6) is 0. The Morgan fingerprint density at radius 1 is 0.625 bits per heavy atom. The predicted molar refractivity (Wildman–Crippen MR) is 55.2 cm³/mol. The summed E-state index contributed by atoms with van der Waals surface area (Å²) in [6.45, 7) is 0. The molecule has 0 nitrogen and oxygen atoms in total. The molecule has 30 valence electrons. The van der Waals surface area contributed by atoms with Gasteiger partial charge >= 0.3 is 148 Å². The molecule has 0 aromatic carbocycles. The first-order valence-electron chi connectivity index (χ1n) is 0.816. The Labute approximate surface area is 167 Å². The van der Waals surface area contributed by atoms with E-state index < -0.39 is 0 Å². The Balaban J connectivity index is -0.00000000200. The van der Waals surface area contributed by atoms with Crippen molar-refractivity contribution in [1.82, 2.24) is 0 Å². The number of hydrogen-bond acceptors (Lipinski definition) is 1. The second-order valence-corrected chi connectivity index (χ2v) is 1.22. The molecule has 0 radical (unpaired) electrons. The van der Waals surface area contributed by atoms with Crippen LogP contribution in [0.4, 0.5) is 0 Å². The summed E-state index contributed by atoms with van der Waals surface area (Å²) in [5.41, 5.74) is 0. The van der Waals surface area contributed by atoms with Crippen LogP contribution in [0.1, 0.15) is 0 Å². The molecule has 0 aromatic rings. The summed E-state index contributed by atoms with van der Waals surface area (Å²) >= 11 is 1.75. The molecule has 0 aromatic heterocycles.